The molecule has 6 heteroatoms. The predicted octanol–water partition coefficient (Wildman–Crippen LogP) is 2.56. The van der Waals surface area contributed by atoms with Crippen LogP contribution in [0.5, 0.6) is 0 Å². The highest BCUT2D eigenvalue weighted by molar-refractivity contribution is 4.84. The second-order valence-electron chi connectivity index (χ2n) is 4.80. The van der Waals surface area contributed by atoms with E-state index in [9.17, 15) is 22.7 Å². The molecule has 0 aliphatic heterocycles. The Balaban J connectivity index is 2.34. The first-order chi connectivity index (χ1) is 7.86. The minimum absolute atomic E-state index is 0.0463. The van der Waals surface area contributed by atoms with E-state index >= 15 is 0 Å². The molecule has 0 radical (unpaired) electrons. The Morgan fingerprint density at radius 2 is 1.65 bits per heavy atom. The summed E-state index contributed by atoms with van der Waals surface area (Å²) in [4.78, 5) is 0. The molecule has 2 N–H and O–H groups in total. The van der Waals surface area contributed by atoms with Crippen LogP contribution in [0.4, 0.5) is 17.6 Å². The first kappa shape index (κ1) is 14.7. The zero-order chi connectivity index (χ0) is 12.9. The van der Waals surface area contributed by atoms with E-state index in [-0.39, 0.29) is 6.54 Å². The van der Waals surface area contributed by atoms with E-state index in [0.29, 0.717) is 12.8 Å². The van der Waals surface area contributed by atoms with E-state index in [4.69, 9.17) is 0 Å². The molecular formula is C11H19F4NO. The number of hydrogen-bond donors (Lipinski definition) is 2. The fraction of sp³-hybridized carbons (Fsp3) is 1.00. The summed E-state index contributed by atoms with van der Waals surface area (Å²) >= 11 is 0. The number of nitrogens with one attached hydrogen (secondary N) is 1. The summed E-state index contributed by atoms with van der Waals surface area (Å²) in [6, 6.07) is 0. The van der Waals surface area contributed by atoms with Crippen LogP contribution in [0.2, 0.25) is 0 Å². The molecule has 1 aliphatic carbocycles. The second kappa shape index (κ2) is 6.00. The van der Waals surface area contributed by atoms with Gasteiger partial charge < -0.3 is 10.4 Å². The van der Waals surface area contributed by atoms with Crippen molar-refractivity contribution in [1.29, 1.82) is 0 Å². The normalized spacial score (nSPS) is 21.5. The van der Waals surface area contributed by atoms with E-state index in [2.05, 4.69) is 5.32 Å². The maximum absolute atomic E-state index is 12.6. The van der Waals surface area contributed by atoms with Crippen molar-refractivity contribution in [3.63, 3.8) is 0 Å². The van der Waals surface area contributed by atoms with Gasteiger partial charge in [-0.05, 0) is 12.8 Å². The highest BCUT2D eigenvalue weighted by Gasteiger charge is 2.40. The van der Waals surface area contributed by atoms with Gasteiger partial charge in [0.2, 0.25) is 0 Å². The maximum atomic E-state index is 12.6. The highest BCUT2D eigenvalue weighted by Crippen LogP contribution is 2.27. The van der Waals surface area contributed by atoms with E-state index in [0.717, 1.165) is 25.7 Å². The molecule has 0 heterocycles. The van der Waals surface area contributed by atoms with Gasteiger partial charge in [-0.25, -0.2) is 8.78 Å². The molecule has 0 atom stereocenters. The number of alkyl halides is 4. The molecule has 0 saturated heterocycles. The molecule has 0 unspecified atom stereocenters. The molecule has 1 saturated carbocycles. The van der Waals surface area contributed by atoms with Gasteiger partial charge in [0.1, 0.15) is 0 Å². The van der Waals surface area contributed by atoms with Crippen molar-refractivity contribution < 1.29 is 22.7 Å². The van der Waals surface area contributed by atoms with Crippen LogP contribution in [0.15, 0.2) is 0 Å². The lowest BCUT2D eigenvalue weighted by Crippen LogP contribution is -2.46. The maximum Gasteiger partial charge on any atom is 0.319 e. The van der Waals surface area contributed by atoms with Gasteiger partial charge in [-0.2, -0.15) is 8.78 Å². The van der Waals surface area contributed by atoms with Crippen molar-refractivity contribution in [2.24, 2.45) is 0 Å². The number of hydrogen-bond acceptors (Lipinski definition) is 2. The van der Waals surface area contributed by atoms with E-state index < -0.39 is 24.5 Å². The van der Waals surface area contributed by atoms with Gasteiger partial charge in [0.05, 0.1) is 12.1 Å². The molecule has 17 heavy (non-hydrogen) atoms. The van der Waals surface area contributed by atoms with Gasteiger partial charge in [-0.15, -0.1) is 0 Å². The van der Waals surface area contributed by atoms with Crippen LogP contribution in [0, 0.1) is 0 Å². The summed E-state index contributed by atoms with van der Waals surface area (Å²) in [6.45, 7) is -1.14. The van der Waals surface area contributed by atoms with Gasteiger partial charge in [-0.3, -0.25) is 0 Å². The van der Waals surface area contributed by atoms with Crippen molar-refractivity contribution in [3.05, 3.63) is 0 Å². The van der Waals surface area contributed by atoms with Gasteiger partial charge in [0, 0.05) is 6.54 Å². The molecule has 0 bridgehead atoms. The average molecular weight is 257 g/mol. The first-order valence-electron chi connectivity index (χ1n) is 5.95. The Kier molecular flexibility index (Phi) is 5.19. The summed E-state index contributed by atoms with van der Waals surface area (Å²) in [6.07, 6.45) is 1.16. The molecule has 1 rings (SSSR count). The standard InChI is InChI=1S/C11H19F4NO/c12-9(13)11(14,15)8-16-7-10(17)5-3-1-2-4-6-10/h9,16-17H,1-8H2. The summed E-state index contributed by atoms with van der Waals surface area (Å²) < 4.78 is 49.0. The molecule has 0 aromatic heterocycles. The van der Waals surface area contributed by atoms with Gasteiger partial charge in [-0.1, -0.05) is 25.7 Å². The molecule has 102 valence electrons. The monoisotopic (exact) mass is 257 g/mol. The number of halogens is 4. The molecular weight excluding hydrogens is 238 g/mol. The molecule has 0 aromatic carbocycles. The SMILES string of the molecule is OC1(CNCC(F)(F)C(F)F)CCCCCC1. The van der Waals surface area contributed by atoms with Crippen LogP contribution in [-0.2, 0) is 0 Å². The molecule has 0 aromatic rings. The van der Waals surface area contributed by atoms with Crippen molar-refractivity contribution >= 4 is 0 Å². The van der Waals surface area contributed by atoms with Gasteiger partial charge >= 0.3 is 12.3 Å². The lowest BCUT2D eigenvalue weighted by atomic mass is 9.94. The molecule has 1 fully saturated rings. The Hall–Kier alpha value is -0.360. The molecule has 2 nitrogen and oxygen atoms in total. The van der Waals surface area contributed by atoms with Crippen molar-refractivity contribution in [3.8, 4) is 0 Å². The fourth-order valence-corrected chi connectivity index (χ4v) is 2.10. The van der Waals surface area contributed by atoms with Gasteiger partial charge in [0.15, 0.2) is 0 Å². The van der Waals surface area contributed by atoms with E-state index in [1.807, 2.05) is 0 Å². The summed E-state index contributed by atoms with van der Waals surface area (Å²) in [7, 11) is 0. The third-order valence-corrected chi connectivity index (χ3v) is 3.17. The van der Waals surface area contributed by atoms with Crippen molar-refractivity contribution in [2.45, 2.75) is 56.5 Å². The minimum Gasteiger partial charge on any atom is -0.389 e. The summed E-state index contributed by atoms with van der Waals surface area (Å²) in [5.74, 6) is -4.03. The Labute approximate surface area is 98.4 Å². The second-order valence-corrected chi connectivity index (χ2v) is 4.80. The zero-order valence-corrected chi connectivity index (χ0v) is 9.69. The van der Waals surface area contributed by atoms with Crippen molar-refractivity contribution in [2.75, 3.05) is 13.1 Å². The van der Waals surface area contributed by atoms with E-state index in [1.54, 1.807) is 0 Å². The number of rotatable bonds is 5. The zero-order valence-electron chi connectivity index (χ0n) is 9.69. The largest absolute Gasteiger partial charge is 0.389 e. The molecule has 1 aliphatic rings. The van der Waals surface area contributed by atoms with Crippen LogP contribution in [0.25, 0.3) is 0 Å². The van der Waals surface area contributed by atoms with E-state index in [1.165, 1.54) is 0 Å². The highest BCUT2D eigenvalue weighted by atomic mass is 19.3. The van der Waals surface area contributed by atoms with Crippen LogP contribution in [0.3, 0.4) is 0 Å². The Morgan fingerprint density at radius 1 is 1.12 bits per heavy atom. The average Bonchev–Trinajstić information content (AvgIpc) is 2.43. The topological polar surface area (TPSA) is 32.3 Å². The summed E-state index contributed by atoms with van der Waals surface area (Å²) in [5, 5.41) is 12.4. The number of aliphatic hydroxyl groups is 1. The molecule has 0 amide bonds. The third kappa shape index (κ3) is 4.79. The quantitative estimate of drug-likeness (QED) is 0.586. The fourth-order valence-electron chi connectivity index (χ4n) is 2.10. The van der Waals surface area contributed by atoms with Crippen LogP contribution in [-0.4, -0.2) is 36.1 Å². The first-order valence-corrected chi connectivity index (χ1v) is 5.95. The lowest BCUT2D eigenvalue weighted by molar-refractivity contribution is -0.127. The lowest BCUT2D eigenvalue weighted by Gasteiger charge is -2.28. The minimum atomic E-state index is -4.03. The summed E-state index contributed by atoms with van der Waals surface area (Å²) in [5.41, 5.74) is -1.02. The van der Waals surface area contributed by atoms with Crippen molar-refractivity contribution in [1.82, 2.24) is 5.32 Å². The predicted molar refractivity (Wildman–Crippen MR) is 56.5 cm³/mol. The van der Waals surface area contributed by atoms with Crippen LogP contribution >= 0.6 is 0 Å². The third-order valence-electron chi connectivity index (χ3n) is 3.17. The van der Waals surface area contributed by atoms with Gasteiger partial charge in [0.25, 0.3) is 0 Å². The Bertz CT molecular complexity index is 228. The molecule has 0 spiro atoms. The Morgan fingerprint density at radius 3 is 2.12 bits per heavy atom. The smallest absolute Gasteiger partial charge is 0.319 e. The van der Waals surface area contributed by atoms with Crippen LogP contribution in [0.1, 0.15) is 38.5 Å². The van der Waals surface area contributed by atoms with Crippen LogP contribution < -0.4 is 5.32 Å².